The van der Waals surface area contributed by atoms with E-state index in [0.29, 0.717) is 36.7 Å². The Morgan fingerprint density at radius 3 is 2.71 bits per heavy atom. The Labute approximate surface area is 162 Å². The molecule has 0 saturated carbocycles. The molecule has 0 radical (unpaired) electrons. The van der Waals surface area contributed by atoms with Crippen molar-refractivity contribution >= 4 is 16.9 Å². The standard InChI is InChI=1S/C21H22N4O3/c1-24-14-8-16(9-15(24)13-27-12-14)28-21(26)18-11-25(20-10-22-6-7-23-20)19-5-3-2-4-17(18)19/h2-7,10-11,14-16H,8-9,12-13H2,1H3/t14-,15+,16-. The van der Waals surface area contributed by atoms with E-state index in [2.05, 4.69) is 21.9 Å². The molecule has 0 N–H and O–H groups in total. The fourth-order valence-electron chi connectivity index (χ4n) is 4.30. The maximum atomic E-state index is 13.1. The van der Waals surface area contributed by atoms with Crippen LogP contribution in [0.5, 0.6) is 0 Å². The van der Waals surface area contributed by atoms with E-state index in [1.54, 1.807) is 24.8 Å². The van der Waals surface area contributed by atoms with Crippen molar-refractivity contribution in [3.8, 4) is 5.82 Å². The number of fused-ring (bicyclic) bond motifs is 3. The van der Waals surface area contributed by atoms with Crippen molar-refractivity contribution in [2.45, 2.75) is 31.0 Å². The lowest BCUT2D eigenvalue weighted by Crippen LogP contribution is -2.56. The molecular formula is C21H22N4O3. The molecule has 3 atom stereocenters. The summed E-state index contributed by atoms with van der Waals surface area (Å²) in [5.74, 6) is 0.385. The summed E-state index contributed by atoms with van der Waals surface area (Å²) in [5, 5.41) is 0.856. The fourth-order valence-corrected chi connectivity index (χ4v) is 4.30. The summed E-state index contributed by atoms with van der Waals surface area (Å²) < 4.78 is 13.5. The van der Waals surface area contributed by atoms with Crippen molar-refractivity contribution in [2.75, 3.05) is 20.3 Å². The van der Waals surface area contributed by atoms with Crippen LogP contribution in [0.1, 0.15) is 23.2 Å². The third-order valence-electron chi connectivity index (χ3n) is 5.84. The molecule has 2 fully saturated rings. The number of hydrogen-bond acceptors (Lipinski definition) is 6. The zero-order chi connectivity index (χ0) is 19.1. The highest BCUT2D eigenvalue weighted by Crippen LogP contribution is 2.30. The maximum absolute atomic E-state index is 13.1. The van der Waals surface area contributed by atoms with Gasteiger partial charge in [-0.1, -0.05) is 18.2 Å². The average Bonchev–Trinajstić information content (AvgIpc) is 3.09. The second-order valence-corrected chi connectivity index (χ2v) is 7.50. The molecule has 144 valence electrons. The third-order valence-corrected chi connectivity index (χ3v) is 5.84. The van der Waals surface area contributed by atoms with E-state index in [-0.39, 0.29) is 12.1 Å². The Bertz CT molecular complexity index is 989. The first-order valence-corrected chi connectivity index (χ1v) is 9.58. The van der Waals surface area contributed by atoms with Crippen LogP contribution < -0.4 is 0 Å². The van der Waals surface area contributed by atoms with Crippen molar-refractivity contribution < 1.29 is 14.3 Å². The molecule has 2 aliphatic rings. The lowest BCUT2D eigenvalue weighted by molar-refractivity contribution is -0.0970. The molecule has 7 heteroatoms. The molecule has 7 nitrogen and oxygen atoms in total. The third kappa shape index (κ3) is 2.96. The highest BCUT2D eigenvalue weighted by atomic mass is 16.5. The molecule has 2 aromatic heterocycles. The van der Waals surface area contributed by atoms with Gasteiger partial charge in [-0.2, -0.15) is 0 Å². The van der Waals surface area contributed by atoms with Crippen molar-refractivity contribution in [3.05, 3.63) is 54.6 Å². The molecule has 0 unspecified atom stereocenters. The number of hydrogen-bond donors (Lipinski definition) is 0. The minimum absolute atomic E-state index is 0.0822. The molecule has 4 heterocycles. The van der Waals surface area contributed by atoms with Gasteiger partial charge in [-0.15, -0.1) is 0 Å². The van der Waals surface area contributed by atoms with Crippen molar-refractivity contribution in [1.29, 1.82) is 0 Å². The molecular weight excluding hydrogens is 356 g/mol. The number of para-hydroxylation sites is 1. The van der Waals surface area contributed by atoms with Crippen LogP contribution in [0.25, 0.3) is 16.7 Å². The van der Waals surface area contributed by atoms with Crippen molar-refractivity contribution in [2.24, 2.45) is 0 Å². The van der Waals surface area contributed by atoms with Crippen LogP contribution in [0.2, 0.25) is 0 Å². The number of benzene rings is 1. The van der Waals surface area contributed by atoms with Gasteiger partial charge in [-0.3, -0.25) is 14.5 Å². The number of rotatable bonds is 3. The fraction of sp³-hybridized carbons (Fsp3) is 0.381. The van der Waals surface area contributed by atoms with Gasteiger partial charge in [-0.25, -0.2) is 9.78 Å². The predicted octanol–water partition coefficient (Wildman–Crippen LogP) is 2.44. The molecule has 0 amide bonds. The van der Waals surface area contributed by atoms with E-state index in [9.17, 15) is 4.79 Å². The van der Waals surface area contributed by atoms with Gasteiger partial charge in [-0.05, 0) is 13.1 Å². The quantitative estimate of drug-likeness (QED) is 0.652. The summed E-state index contributed by atoms with van der Waals surface area (Å²) in [6.45, 7) is 1.40. The van der Waals surface area contributed by atoms with Crippen LogP contribution in [-0.4, -0.2) is 63.9 Å². The second-order valence-electron chi connectivity index (χ2n) is 7.50. The highest BCUT2D eigenvalue weighted by molar-refractivity contribution is 6.04. The normalized spacial score (nSPS) is 25.0. The number of carbonyl (C=O) groups excluding carboxylic acids is 1. The number of morpholine rings is 1. The van der Waals surface area contributed by atoms with Gasteiger partial charge in [0.2, 0.25) is 0 Å². The monoisotopic (exact) mass is 378 g/mol. The second kappa shape index (κ2) is 7.00. The number of esters is 1. The number of aromatic nitrogens is 3. The topological polar surface area (TPSA) is 69.5 Å². The summed E-state index contributed by atoms with van der Waals surface area (Å²) in [6.07, 6.45) is 8.28. The maximum Gasteiger partial charge on any atom is 0.340 e. The SMILES string of the molecule is CN1[C@@H]2COC[C@H]1C[C@@H](OC(=O)c1cn(-c3cnccn3)c3ccccc13)C2. The first-order valence-electron chi connectivity index (χ1n) is 9.58. The van der Waals surface area contributed by atoms with Crippen LogP contribution in [0.4, 0.5) is 0 Å². The van der Waals surface area contributed by atoms with Crippen LogP contribution in [0, 0.1) is 0 Å². The number of carbonyl (C=O) groups is 1. The number of ether oxygens (including phenoxy) is 2. The Morgan fingerprint density at radius 2 is 1.96 bits per heavy atom. The lowest BCUT2D eigenvalue weighted by Gasteiger charge is -2.46. The summed E-state index contributed by atoms with van der Waals surface area (Å²) in [5.41, 5.74) is 1.46. The first-order chi connectivity index (χ1) is 13.7. The van der Waals surface area contributed by atoms with Gasteiger partial charge in [0.05, 0.1) is 30.5 Å². The molecule has 2 saturated heterocycles. The molecule has 2 aliphatic heterocycles. The Hall–Kier alpha value is -2.77. The molecule has 5 rings (SSSR count). The smallest absolute Gasteiger partial charge is 0.340 e. The minimum atomic E-state index is -0.285. The summed E-state index contributed by atoms with van der Waals surface area (Å²) in [6, 6.07) is 8.41. The number of likely N-dealkylation sites (N-methyl/N-ethyl adjacent to an activating group) is 1. The van der Waals surface area contributed by atoms with Gasteiger partial charge in [0.25, 0.3) is 0 Å². The Balaban J connectivity index is 1.44. The average molecular weight is 378 g/mol. The van der Waals surface area contributed by atoms with E-state index in [0.717, 1.165) is 23.7 Å². The van der Waals surface area contributed by atoms with E-state index in [1.165, 1.54) is 0 Å². The van der Waals surface area contributed by atoms with Gasteiger partial charge >= 0.3 is 5.97 Å². The van der Waals surface area contributed by atoms with E-state index >= 15 is 0 Å². The van der Waals surface area contributed by atoms with Crippen LogP contribution in [0.15, 0.2) is 49.1 Å². The largest absolute Gasteiger partial charge is 0.459 e. The summed E-state index contributed by atoms with van der Waals surface area (Å²) >= 11 is 0. The number of nitrogens with zero attached hydrogens (tertiary/aromatic N) is 4. The van der Waals surface area contributed by atoms with Crippen LogP contribution >= 0.6 is 0 Å². The molecule has 1 aromatic carbocycles. The molecule has 0 aliphatic carbocycles. The van der Waals surface area contributed by atoms with Gasteiger partial charge < -0.3 is 9.47 Å². The van der Waals surface area contributed by atoms with E-state index in [1.807, 2.05) is 28.8 Å². The minimum Gasteiger partial charge on any atom is -0.459 e. The molecule has 0 spiro atoms. The first kappa shape index (κ1) is 17.3. The van der Waals surface area contributed by atoms with Crippen molar-refractivity contribution in [1.82, 2.24) is 19.4 Å². The van der Waals surface area contributed by atoms with Crippen LogP contribution in [0.3, 0.4) is 0 Å². The Kier molecular flexibility index (Phi) is 4.33. The Morgan fingerprint density at radius 1 is 1.18 bits per heavy atom. The van der Waals surface area contributed by atoms with E-state index < -0.39 is 0 Å². The summed E-state index contributed by atoms with van der Waals surface area (Å²) in [4.78, 5) is 23.9. The van der Waals surface area contributed by atoms with Gasteiger partial charge in [0, 0.05) is 48.9 Å². The van der Waals surface area contributed by atoms with Crippen molar-refractivity contribution in [3.63, 3.8) is 0 Å². The summed E-state index contributed by atoms with van der Waals surface area (Å²) in [7, 11) is 2.13. The van der Waals surface area contributed by atoms with E-state index in [4.69, 9.17) is 9.47 Å². The van der Waals surface area contributed by atoms with Gasteiger partial charge in [0.1, 0.15) is 6.10 Å². The van der Waals surface area contributed by atoms with Gasteiger partial charge in [0.15, 0.2) is 5.82 Å². The molecule has 2 bridgehead atoms. The number of piperidine rings is 1. The zero-order valence-corrected chi connectivity index (χ0v) is 15.7. The molecule has 3 aromatic rings. The predicted molar refractivity (Wildman–Crippen MR) is 103 cm³/mol. The van der Waals surface area contributed by atoms with Crippen LogP contribution in [-0.2, 0) is 9.47 Å². The lowest BCUT2D eigenvalue weighted by atomic mass is 9.92. The molecule has 28 heavy (non-hydrogen) atoms. The zero-order valence-electron chi connectivity index (χ0n) is 15.7. The highest BCUT2D eigenvalue weighted by Gasteiger charge is 2.38.